The van der Waals surface area contributed by atoms with Crippen LogP contribution in [0.4, 0.5) is 0 Å². The lowest BCUT2D eigenvalue weighted by Crippen LogP contribution is -2.07. The van der Waals surface area contributed by atoms with Crippen LogP contribution in [0, 0.1) is 0 Å². The van der Waals surface area contributed by atoms with Gasteiger partial charge in [0, 0.05) is 49.2 Å². The highest BCUT2D eigenvalue weighted by atomic mass is 32.1. The zero-order valence-corrected chi connectivity index (χ0v) is 25.7. The molecule has 0 fully saturated rings. The molecule has 1 aliphatic carbocycles. The zero-order chi connectivity index (χ0) is 30.9. The van der Waals surface area contributed by atoms with Crippen molar-refractivity contribution in [1.29, 1.82) is 0 Å². The summed E-state index contributed by atoms with van der Waals surface area (Å²) in [6, 6.07) is 48.1. The maximum absolute atomic E-state index is 5.06. The van der Waals surface area contributed by atoms with E-state index < -0.39 is 0 Å². The molecular formula is C41H23N5S. The second-order valence-corrected chi connectivity index (χ2v) is 12.7. The van der Waals surface area contributed by atoms with Crippen molar-refractivity contribution in [3.8, 4) is 50.4 Å². The highest BCUT2D eigenvalue weighted by molar-refractivity contribution is 7.21. The van der Waals surface area contributed by atoms with E-state index in [2.05, 4.69) is 89.2 Å². The Morgan fingerprint density at radius 2 is 1.19 bits per heavy atom. The van der Waals surface area contributed by atoms with Gasteiger partial charge in [0.2, 0.25) is 0 Å². The van der Waals surface area contributed by atoms with Crippen molar-refractivity contribution < 1.29 is 0 Å². The van der Waals surface area contributed by atoms with E-state index in [0.717, 1.165) is 43.2 Å². The first-order valence-electron chi connectivity index (χ1n) is 15.5. The topological polar surface area (TPSA) is 56.5 Å². The van der Waals surface area contributed by atoms with Crippen LogP contribution in [0.3, 0.4) is 0 Å². The molecule has 1 aliphatic rings. The van der Waals surface area contributed by atoms with Crippen molar-refractivity contribution in [2.75, 3.05) is 0 Å². The van der Waals surface area contributed by atoms with Gasteiger partial charge in [0.15, 0.2) is 17.5 Å². The van der Waals surface area contributed by atoms with Crippen LogP contribution in [0.5, 0.6) is 0 Å². The molecule has 6 heteroatoms. The molecular weight excluding hydrogens is 595 g/mol. The molecule has 47 heavy (non-hydrogen) atoms. The molecule has 6 aromatic carbocycles. The lowest BCUT2D eigenvalue weighted by atomic mass is 10.1. The molecule has 3 heterocycles. The molecule has 0 saturated heterocycles. The minimum absolute atomic E-state index is 0.636. The predicted molar refractivity (Wildman–Crippen MR) is 191 cm³/mol. The van der Waals surface area contributed by atoms with Gasteiger partial charge >= 0.3 is 0 Å². The van der Waals surface area contributed by atoms with E-state index in [-0.39, 0.29) is 0 Å². The third kappa shape index (κ3) is 4.32. The fourth-order valence-electron chi connectivity index (χ4n) is 6.45. The fourth-order valence-corrected chi connectivity index (χ4v) is 7.45. The second-order valence-electron chi connectivity index (χ2n) is 11.6. The molecule has 0 aliphatic heterocycles. The summed E-state index contributed by atoms with van der Waals surface area (Å²) in [6.45, 7) is 0. The number of hydrogen-bond donors (Lipinski definition) is 0. The summed E-state index contributed by atoms with van der Waals surface area (Å²) in [5.41, 5.74) is 11.8. The SMILES string of the molecule is C1=c2ccc3c(c2=1)c1ccccc1n3-c1cccc(-c2nc3ccc(-c4nc(-c5ccccc5)nc(-c5ccccc5)n4)cc3s2)c1. The molecule has 0 atom stereocenters. The van der Waals surface area contributed by atoms with Gasteiger partial charge < -0.3 is 4.57 Å². The van der Waals surface area contributed by atoms with Crippen LogP contribution in [-0.2, 0) is 0 Å². The minimum Gasteiger partial charge on any atom is -0.309 e. The Morgan fingerprint density at radius 3 is 1.96 bits per heavy atom. The van der Waals surface area contributed by atoms with E-state index in [1.54, 1.807) is 11.3 Å². The lowest BCUT2D eigenvalue weighted by Gasteiger charge is -2.09. The molecule has 0 N–H and O–H groups in total. The molecule has 9 aromatic rings. The Hall–Kier alpha value is -6.20. The van der Waals surface area contributed by atoms with Crippen molar-refractivity contribution >= 4 is 49.1 Å². The summed E-state index contributed by atoms with van der Waals surface area (Å²) in [4.78, 5) is 19.8. The van der Waals surface area contributed by atoms with Crippen molar-refractivity contribution in [2.45, 2.75) is 0 Å². The van der Waals surface area contributed by atoms with Gasteiger partial charge in [-0.15, -0.1) is 17.1 Å². The number of benzene rings is 6. The van der Waals surface area contributed by atoms with Crippen LogP contribution in [0.1, 0.15) is 0 Å². The summed E-state index contributed by atoms with van der Waals surface area (Å²) < 4.78 is 3.44. The van der Waals surface area contributed by atoms with Gasteiger partial charge in [0.1, 0.15) is 5.01 Å². The van der Waals surface area contributed by atoms with Gasteiger partial charge in [-0.2, -0.15) is 0 Å². The Balaban J connectivity index is 1.07. The van der Waals surface area contributed by atoms with E-state index in [9.17, 15) is 0 Å². The number of rotatable bonds is 5. The minimum atomic E-state index is 0.636. The monoisotopic (exact) mass is 617 g/mol. The summed E-state index contributed by atoms with van der Waals surface area (Å²) in [7, 11) is 0. The molecule has 0 amide bonds. The molecule has 5 nitrogen and oxygen atoms in total. The molecule has 3 aromatic heterocycles. The standard InChI is InChI=1S/C41H23N5S/c1-3-10-25(11-4-1)38-43-39(26-12-5-2-6-13-26)45-40(44-38)28-18-20-33-36(24-28)47-41(42-33)29-14-9-15-30(22-29)46-34-17-8-7-16-31(34)37-32-23-27(32)19-21-35(37)46/h1-22,24H. The van der Waals surface area contributed by atoms with E-state index in [1.165, 1.54) is 32.2 Å². The van der Waals surface area contributed by atoms with E-state index in [1.807, 2.05) is 60.7 Å². The van der Waals surface area contributed by atoms with Crippen molar-refractivity contribution in [3.63, 3.8) is 0 Å². The average molecular weight is 618 g/mol. The molecule has 218 valence electrons. The van der Waals surface area contributed by atoms with Crippen molar-refractivity contribution in [3.05, 3.63) is 150 Å². The molecule has 0 radical (unpaired) electrons. The molecule has 0 bridgehead atoms. The summed E-state index contributed by atoms with van der Waals surface area (Å²) in [5.74, 6) is 1.93. The first kappa shape index (κ1) is 26.1. The summed E-state index contributed by atoms with van der Waals surface area (Å²) >= 11 is 1.68. The van der Waals surface area contributed by atoms with Crippen LogP contribution in [0.2, 0.25) is 0 Å². The van der Waals surface area contributed by atoms with Crippen molar-refractivity contribution in [2.24, 2.45) is 0 Å². The average Bonchev–Trinajstić information content (AvgIpc) is 3.68. The molecule has 0 unspecified atom stereocenters. The van der Waals surface area contributed by atoms with Gasteiger partial charge in [0.05, 0.1) is 21.3 Å². The van der Waals surface area contributed by atoms with E-state index in [0.29, 0.717) is 17.5 Å². The fraction of sp³-hybridized carbons (Fsp3) is 0. The maximum atomic E-state index is 5.06. The number of thiazole rings is 1. The van der Waals surface area contributed by atoms with Gasteiger partial charge in [0.25, 0.3) is 0 Å². The number of hydrogen-bond acceptors (Lipinski definition) is 5. The van der Waals surface area contributed by atoms with Gasteiger partial charge in [-0.05, 0) is 48.5 Å². The summed E-state index contributed by atoms with van der Waals surface area (Å²) in [6.07, 6.45) is 0. The third-order valence-corrected chi connectivity index (χ3v) is 9.80. The Bertz CT molecular complexity index is 2770. The van der Waals surface area contributed by atoms with Crippen LogP contribution in [0.15, 0.2) is 140 Å². The number of para-hydroxylation sites is 1. The lowest BCUT2D eigenvalue weighted by molar-refractivity contribution is 1.07. The Morgan fingerprint density at radius 1 is 0.511 bits per heavy atom. The van der Waals surface area contributed by atoms with E-state index >= 15 is 0 Å². The quantitative estimate of drug-likeness (QED) is 0.195. The van der Waals surface area contributed by atoms with Crippen LogP contribution in [0.25, 0.3) is 88.2 Å². The number of aromatic nitrogens is 5. The summed E-state index contributed by atoms with van der Waals surface area (Å²) in [5, 5.41) is 5.96. The Kier molecular flexibility index (Phi) is 5.63. The number of fused-ring (bicyclic) bond motifs is 6. The maximum Gasteiger partial charge on any atom is 0.164 e. The zero-order valence-electron chi connectivity index (χ0n) is 24.9. The largest absolute Gasteiger partial charge is 0.309 e. The third-order valence-electron chi connectivity index (χ3n) is 8.73. The predicted octanol–water partition coefficient (Wildman–Crippen LogP) is 8.31. The van der Waals surface area contributed by atoms with Gasteiger partial charge in [-0.1, -0.05) is 91.0 Å². The van der Waals surface area contributed by atoms with Gasteiger partial charge in [-0.3, -0.25) is 0 Å². The smallest absolute Gasteiger partial charge is 0.164 e. The van der Waals surface area contributed by atoms with Crippen LogP contribution >= 0.6 is 11.3 Å². The first-order valence-corrected chi connectivity index (χ1v) is 16.3. The first-order chi connectivity index (χ1) is 23.3. The van der Waals surface area contributed by atoms with Crippen LogP contribution < -0.4 is 10.4 Å². The molecule has 10 rings (SSSR count). The highest BCUT2D eigenvalue weighted by Gasteiger charge is 2.17. The van der Waals surface area contributed by atoms with Crippen LogP contribution in [-0.4, -0.2) is 24.5 Å². The normalized spacial score (nSPS) is 11.8. The van der Waals surface area contributed by atoms with Gasteiger partial charge in [-0.25, -0.2) is 19.9 Å². The highest BCUT2D eigenvalue weighted by Crippen LogP contribution is 2.36. The molecule has 0 spiro atoms. The Labute approximate surface area is 273 Å². The van der Waals surface area contributed by atoms with E-state index in [4.69, 9.17) is 19.9 Å². The molecule has 0 saturated carbocycles. The second kappa shape index (κ2) is 10.2. The van der Waals surface area contributed by atoms with Crippen molar-refractivity contribution in [1.82, 2.24) is 24.5 Å². The number of nitrogens with zero attached hydrogens (tertiary/aromatic N) is 5.